The van der Waals surface area contributed by atoms with E-state index in [0.717, 1.165) is 5.56 Å². The maximum atomic E-state index is 12.9. The van der Waals surface area contributed by atoms with E-state index in [2.05, 4.69) is 5.32 Å². The second-order valence-electron chi connectivity index (χ2n) is 7.03. The van der Waals surface area contributed by atoms with E-state index in [9.17, 15) is 14.4 Å². The van der Waals surface area contributed by atoms with Crippen LogP contribution in [0, 0.1) is 0 Å². The smallest absolute Gasteiger partial charge is 0.244 e. The normalized spacial score (nSPS) is 16.3. The summed E-state index contributed by atoms with van der Waals surface area (Å²) >= 11 is 0. The van der Waals surface area contributed by atoms with Crippen LogP contribution in [-0.4, -0.2) is 59.7 Å². The van der Waals surface area contributed by atoms with Gasteiger partial charge in [0.25, 0.3) is 0 Å². The maximum absolute atomic E-state index is 12.9. The van der Waals surface area contributed by atoms with Crippen molar-refractivity contribution in [2.75, 3.05) is 26.2 Å². The zero-order valence-electron chi connectivity index (χ0n) is 15.4. The summed E-state index contributed by atoms with van der Waals surface area (Å²) in [5.41, 5.74) is 0.384. The number of amides is 3. The molecule has 0 saturated carbocycles. The fraction of sp³-hybridized carbons (Fsp3) is 0.526. The molecular formula is C19H27N3O3. The Morgan fingerprint density at radius 1 is 1.00 bits per heavy atom. The largest absolute Gasteiger partial charge is 0.345 e. The van der Waals surface area contributed by atoms with Crippen LogP contribution in [0.1, 0.15) is 33.3 Å². The van der Waals surface area contributed by atoms with E-state index in [1.807, 2.05) is 49.1 Å². The van der Waals surface area contributed by atoms with Crippen LogP contribution in [0.3, 0.4) is 0 Å². The van der Waals surface area contributed by atoms with Gasteiger partial charge in [0.2, 0.25) is 17.7 Å². The van der Waals surface area contributed by atoms with Crippen molar-refractivity contribution in [1.82, 2.24) is 15.1 Å². The number of carbonyl (C=O) groups is 3. The lowest BCUT2D eigenvalue weighted by Crippen LogP contribution is -2.57. The summed E-state index contributed by atoms with van der Waals surface area (Å²) in [6.07, 6.45) is 0. The molecule has 1 aromatic rings. The van der Waals surface area contributed by atoms with Gasteiger partial charge in [0, 0.05) is 33.1 Å². The van der Waals surface area contributed by atoms with Crippen molar-refractivity contribution in [3.05, 3.63) is 35.9 Å². The van der Waals surface area contributed by atoms with Crippen molar-refractivity contribution in [2.24, 2.45) is 0 Å². The molecule has 136 valence electrons. The minimum atomic E-state index is -0.600. The molecule has 1 heterocycles. The highest BCUT2D eigenvalue weighted by Gasteiger charge is 2.36. The second kappa shape index (κ2) is 7.68. The van der Waals surface area contributed by atoms with E-state index >= 15 is 0 Å². The number of hydrogen-bond donors (Lipinski definition) is 1. The third-order valence-electron chi connectivity index (χ3n) is 4.70. The van der Waals surface area contributed by atoms with Gasteiger partial charge in [-0.15, -0.1) is 0 Å². The van der Waals surface area contributed by atoms with Crippen LogP contribution in [0.4, 0.5) is 0 Å². The predicted octanol–water partition coefficient (Wildman–Crippen LogP) is 1.16. The molecule has 1 aromatic carbocycles. The van der Waals surface area contributed by atoms with Gasteiger partial charge in [0.1, 0.15) is 6.04 Å². The van der Waals surface area contributed by atoms with Gasteiger partial charge in [-0.3, -0.25) is 14.4 Å². The molecule has 0 bridgehead atoms. The van der Waals surface area contributed by atoms with Gasteiger partial charge in [0.05, 0.1) is 5.41 Å². The van der Waals surface area contributed by atoms with Crippen LogP contribution < -0.4 is 5.32 Å². The molecule has 0 spiro atoms. The number of benzene rings is 1. The van der Waals surface area contributed by atoms with Crippen molar-refractivity contribution in [1.29, 1.82) is 0 Å². The first kappa shape index (κ1) is 19.0. The van der Waals surface area contributed by atoms with Gasteiger partial charge >= 0.3 is 0 Å². The molecule has 0 aromatic heterocycles. The Morgan fingerprint density at radius 2 is 1.52 bits per heavy atom. The molecule has 1 atom stereocenters. The fourth-order valence-corrected chi connectivity index (χ4v) is 3.14. The lowest BCUT2D eigenvalue weighted by Gasteiger charge is -2.39. The Hall–Kier alpha value is -2.37. The summed E-state index contributed by atoms with van der Waals surface area (Å²) in [5, 5.41) is 2.61. The number of nitrogens with zero attached hydrogens (tertiary/aromatic N) is 2. The third kappa shape index (κ3) is 4.38. The van der Waals surface area contributed by atoms with Crippen LogP contribution >= 0.6 is 0 Å². The maximum Gasteiger partial charge on any atom is 0.244 e. The fourth-order valence-electron chi connectivity index (χ4n) is 3.14. The van der Waals surface area contributed by atoms with Crippen molar-refractivity contribution < 1.29 is 14.4 Å². The standard InChI is InChI=1S/C19H27N3O3/c1-14(20-15(2)23)17(24)21-10-12-22(13-11-21)18(25)19(3,4)16-8-6-5-7-9-16/h5-9,14H,10-13H2,1-4H3,(H,20,23). The summed E-state index contributed by atoms with van der Waals surface area (Å²) in [7, 11) is 0. The number of piperazine rings is 1. The third-order valence-corrected chi connectivity index (χ3v) is 4.70. The molecule has 3 amide bonds. The summed E-state index contributed by atoms with van der Waals surface area (Å²) in [6, 6.07) is 9.19. The van der Waals surface area contributed by atoms with E-state index in [1.165, 1.54) is 6.92 Å². The summed E-state index contributed by atoms with van der Waals surface area (Å²) in [4.78, 5) is 39.9. The molecule has 1 saturated heterocycles. The number of carbonyl (C=O) groups excluding carboxylic acids is 3. The molecule has 0 aliphatic carbocycles. The molecule has 1 unspecified atom stereocenters. The lowest BCUT2D eigenvalue weighted by atomic mass is 9.83. The molecule has 1 fully saturated rings. The highest BCUT2D eigenvalue weighted by atomic mass is 16.2. The molecule has 1 N–H and O–H groups in total. The first-order valence-corrected chi connectivity index (χ1v) is 8.64. The van der Waals surface area contributed by atoms with Gasteiger partial charge < -0.3 is 15.1 Å². The highest BCUT2D eigenvalue weighted by molar-refractivity contribution is 5.88. The van der Waals surface area contributed by atoms with Crippen molar-refractivity contribution in [3.8, 4) is 0 Å². The average Bonchev–Trinajstić information content (AvgIpc) is 2.60. The van der Waals surface area contributed by atoms with E-state index in [-0.39, 0.29) is 17.7 Å². The summed E-state index contributed by atoms with van der Waals surface area (Å²) < 4.78 is 0. The first-order valence-electron chi connectivity index (χ1n) is 8.64. The molecule has 6 heteroatoms. The predicted molar refractivity (Wildman–Crippen MR) is 95.9 cm³/mol. The molecule has 25 heavy (non-hydrogen) atoms. The van der Waals surface area contributed by atoms with Crippen LogP contribution in [0.15, 0.2) is 30.3 Å². The molecule has 0 radical (unpaired) electrons. The Labute approximate surface area is 149 Å². The summed E-state index contributed by atoms with van der Waals surface area (Å²) in [5.74, 6) is -0.260. The van der Waals surface area contributed by atoms with E-state index in [4.69, 9.17) is 0 Å². The SMILES string of the molecule is CC(=O)NC(C)C(=O)N1CCN(C(=O)C(C)(C)c2ccccc2)CC1. The Bertz CT molecular complexity index is 635. The van der Waals surface area contributed by atoms with Crippen LogP contribution in [0.2, 0.25) is 0 Å². The van der Waals surface area contributed by atoms with Gasteiger partial charge in [-0.2, -0.15) is 0 Å². The van der Waals surface area contributed by atoms with Gasteiger partial charge in [-0.1, -0.05) is 30.3 Å². The van der Waals surface area contributed by atoms with Crippen molar-refractivity contribution in [3.63, 3.8) is 0 Å². The zero-order valence-corrected chi connectivity index (χ0v) is 15.4. The number of nitrogens with one attached hydrogen (secondary N) is 1. The molecule has 1 aliphatic rings. The summed E-state index contributed by atoms with van der Waals surface area (Å²) in [6.45, 7) is 8.92. The van der Waals surface area contributed by atoms with Crippen LogP contribution in [0.5, 0.6) is 0 Å². The van der Waals surface area contributed by atoms with Crippen molar-refractivity contribution >= 4 is 17.7 Å². The minimum absolute atomic E-state index is 0.0701. The van der Waals surface area contributed by atoms with Crippen LogP contribution in [-0.2, 0) is 19.8 Å². The Morgan fingerprint density at radius 3 is 2.04 bits per heavy atom. The van der Waals surface area contributed by atoms with Crippen molar-refractivity contribution in [2.45, 2.75) is 39.2 Å². The van der Waals surface area contributed by atoms with Gasteiger partial charge in [-0.25, -0.2) is 0 Å². The minimum Gasteiger partial charge on any atom is -0.345 e. The zero-order chi connectivity index (χ0) is 18.6. The molecular weight excluding hydrogens is 318 g/mol. The lowest BCUT2D eigenvalue weighted by molar-refractivity contribution is -0.143. The number of hydrogen-bond acceptors (Lipinski definition) is 3. The van der Waals surface area contributed by atoms with Gasteiger partial charge in [-0.05, 0) is 26.3 Å². The molecule has 2 rings (SSSR count). The number of rotatable bonds is 4. The van der Waals surface area contributed by atoms with Crippen LogP contribution in [0.25, 0.3) is 0 Å². The van der Waals surface area contributed by atoms with E-state index < -0.39 is 11.5 Å². The monoisotopic (exact) mass is 345 g/mol. The topological polar surface area (TPSA) is 69.7 Å². The van der Waals surface area contributed by atoms with Gasteiger partial charge in [0.15, 0.2) is 0 Å². The van der Waals surface area contributed by atoms with E-state index in [0.29, 0.717) is 26.2 Å². The Balaban J connectivity index is 1.96. The molecule has 1 aliphatic heterocycles. The van der Waals surface area contributed by atoms with E-state index in [1.54, 1.807) is 11.8 Å². The quantitative estimate of drug-likeness (QED) is 0.890. The average molecular weight is 345 g/mol. The first-order chi connectivity index (χ1) is 11.7. The second-order valence-corrected chi connectivity index (χ2v) is 7.03. The Kier molecular flexibility index (Phi) is 5.82. The molecule has 6 nitrogen and oxygen atoms in total. The highest BCUT2D eigenvalue weighted by Crippen LogP contribution is 2.26.